The Morgan fingerprint density at radius 1 is 0.762 bits per heavy atom. The van der Waals surface area contributed by atoms with Crippen molar-refractivity contribution in [3.05, 3.63) is 66.2 Å². The fraction of sp³-hybridized carbons (Fsp3) is 0.0588. The number of aliphatic hydroxyl groups excluding tert-OH is 1. The van der Waals surface area contributed by atoms with Gasteiger partial charge in [-0.3, -0.25) is 0 Å². The average molecular weight is 278 g/mol. The SMILES string of the molecule is OCc1ccccc1N=Nc1ccc2ccccc2c1O. The van der Waals surface area contributed by atoms with Crippen molar-refractivity contribution >= 4 is 22.1 Å². The molecule has 21 heavy (non-hydrogen) atoms. The van der Waals surface area contributed by atoms with Crippen LogP contribution in [0, 0.1) is 0 Å². The highest BCUT2D eigenvalue weighted by atomic mass is 16.3. The molecular formula is C17H14N2O2. The van der Waals surface area contributed by atoms with E-state index in [2.05, 4.69) is 10.2 Å². The lowest BCUT2D eigenvalue weighted by Crippen LogP contribution is -1.82. The first kappa shape index (κ1) is 13.3. The van der Waals surface area contributed by atoms with Crippen molar-refractivity contribution in [1.82, 2.24) is 0 Å². The molecule has 0 spiro atoms. The summed E-state index contributed by atoms with van der Waals surface area (Å²) >= 11 is 0. The van der Waals surface area contributed by atoms with E-state index in [1.54, 1.807) is 18.2 Å². The lowest BCUT2D eigenvalue weighted by molar-refractivity contribution is 0.282. The maximum Gasteiger partial charge on any atom is 0.150 e. The van der Waals surface area contributed by atoms with Gasteiger partial charge in [0.15, 0.2) is 5.75 Å². The number of phenolic OH excluding ortho intramolecular Hbond substituents is 1. The first-order valence-electron chi connectivity index (χ1n) is 6.61. The minimum Gasteiger partial charge on any atom is -0.505 e. The molecule has 0 aliphatic rings. The van der Waals surface area contributed by atoms with Crippen molar-refractivity contribution in [1.29, 1.82) is 0 Å². The number of azo groups is 1. The number of fused-ring (bicyclic) bond motifs is 1. The molecule has 0 radical (unpaired) electrons. The smallest absolute Gasteiger partial charge is 0.150 e. The predicted molar refractivity (Wildman–Crippen MR) is 82.2 cm³/mol. The van der Waals surface area contributed by atoms with E-state index in [9.17, 15) is 10.2 Å². The van der Waals surface area contributed by atoms with Gasteiger partial charge in [-0.15, -0.1) is 5.11 Å². The molecule has 0 saturated carbocycles. The van der Waals surface area contributed by atoms with Gasteiger partial charge < -0.3 is 10.2 Å². The molecule has 0 bridgehead atoms. The zero-order chi connectivity index (χ0) is 14.7. The van der Waals surface area contributed by atoms with Crippen molar-refractivity contribution < 1.29 is 10.2 Å². The summed E-state index contributed by atoms with van der Waals surface area (Å²) in [7, 11) is 0. The molecule has 0 amide bonds. The zero-order valence-corrected chi connectivity index (χ0v) is 11.3. The molecule has 0 unspecified atom stereocenters. The van der Waals surface area contributed by atoms with E-state index in [0.717, 1.165) is 10.8 Å². The summed E-state index contributed by atoms with van der Waals surface area (Å²) in [4.78, 5) is 0. The normalized spacial score (nSPS) is 11.3. The van der Waals surface area contributed by atoms with Crippen LogP contribution in [0.3, 0.4) is 0 Å². The van der Waals surface area contributed by atoms with E-state index in [-0.39, 0.29) is 12.4 Å². The molecule has 2 N–H and O–H groups in total. The van der Waals surface area contributed by atoms with Gasteiger partial charge in [-0.2, -0.15) is 5.11 Å². The summed E-state index contributed by atoms with van der Waals surface area (Å²) in [5.74, 6) is 0.110. The van der Waals surface area contributed by atoms with E-state index in [4.69, 9.17) is 0 Å². The molecule has 3 rings (SSSR count). The van der Waals surface area contributed by atoms with Crippen LogP contribution in [-0.4, -0.2) is 10.2 Å². The number of hydrogen-bond donors (Lipinski definition) is 2. The molecule has 0 saturated heterocycles. The highest BCUT2D eigenvalue weighted by Crippen LogP contribution is 2.35. The Labute approximate surface area is 122 Å². The number of aliphatic hydroxyl groups is 1. The second-order valence-electron chi connectivity index (χ2n) is 4.64. The van der Waals surface area contributed by atoms with Gasteiger partial charge in [0, 0.05) is 10.9 Å². The molecule has 104 valence electrons. The molecule has 0 aliphatic heterocycles. The molecule has 0 atom stereocenters. The number of hydrogen-bond acceptors (Lipinski definition) is 4. The van der Waals surface area contributed by atoms with Crippen molar-refractivity contribution in [2.75, 3.05) is 0 Å². The maximum absolute atomic E-state index is 10.3. The van der Waals surface area contributed by atoms with Crippen LogP contribution in [0.15, 0.2) is 70.9 Å². The summed E-state index contributed by atoms with van der Waals surface area (Å²) in [6, 6.07) is 18.4. The van der Waals surface area contributed by atoms with Crippen molar-refractivity contribution in [2.24, 2.45) is 10.2 Å². The fourth-order valence-corrected chi connectivity index (χ4v) is 2.17. The van der Waals surface area contributed by atoms with Gasteiger partial charge in [-0.25, -0.2) is 0 Å². The Morgan fingerprint density at radius 3 is 2.33 bits per heavy atom. The molecule has 0 aromatic heterocycles. The molecule has 3 aromatic rings. The van der Waals surface area contributed by atoms with Gasteiger partial charge in [0.05, 0.1) is 12.3 Å². The van der Waals surface area contributed by atoms with Crippen LogP contribution in [0.25, 0.3) is 10.8 Å². The Bertz CT molecular complexity index is 813. The first-order valence-corrected chi connectivity index (χ1v) is 6.61. The molecule has 0 heterocycles. The second kappa shape index (κ2) is 5.73. The minimum atomic E-state index is -0.0983. The van der Waals surface area contributed by atoms with Crippen LogP contribution in [-0.2, 0) is 6.61 Å². The van der Waals surface area contributed by atoms with Gasteiger partial charge in [0.2, 0.25) is 0 Å². The third-order valence-electron chi connectivity index (χ3n) is 3.31. The molecule has 0 fully saturated rings. The van der Waals surface area contributed by atoms with Gasteiger partial charge in [0.1, 0.15) is 5.69 Å². The van der Waals surface area contributed by atoms with E-state index >= 15 is 0 Å². The average Bonchev–Trinajstić information content (AvgIpc) is 2.55. The lowest BCUT2D eigenvalue weighted by atomic mass is 10.1. The molecule has 4 heteroatoms. The van der Waals surface area contributed by atoms with E-state index < -0.39 is 0 Å². The summed E-state index contributed by atoms with van der Waals surface area (Å²) in [5.41, 5.74) is 1.69. The zero-order valence-electron chi connectivity index (χ0n) is 11.3. The standard InChI is InChI=1S/C17H14N2O2/c20-11-13-6-2-4-8-15(13)18-19-16-10-9-12-5-1-3-7-14(12)17(16)21/h1-10,20-21H,11H2. The third kappa shape index (κ3) is 2.61. The minimum absolute atomic E-state index is 0.0983. The quantitative estimate of drug-likeness (QED) is 0.695. The highest BCUT2D eigenvalue weighted by Gasteiger charge is 2.05. The number of benzene rings is 3. The van der Waals surface area contributed by atoms with Gasteiger partial charge in [-0.1, -0.05) is 48.5 Å². The Morgan fingerprint density at radius 2 is 1.48 bits per heavy atom. The number of phenols is 1. The lowest BCUT2D eigenvalue weighted by Gasteiger charge is -2.04. The third-order valence-corrected chi connectivity index (χ3v) is 3.31. The summed E-state index contributed by atoms with van der Waals surface area (Å²) in [6.45, 7) is -0.0983. The monoisotopic (exact) mass is 278 g/mol. The van der Waals surface area contributed by atoms with Crippen LogP contribution in [0.1, 0.15) is 5.56 Å². The number of nitrogens with zero attached hydrogens (tertiary/aromatic N) is 2. The molecule has 3 aromatic carbocycles. The Hall–Kier alpha value is -2.72. The van der Waals surface area contributed by atoms with E-state index in [0.29, 0.717) is 16.9 Å². The van der Waals surface area contributed by atoms with Crippen LogP contribution >= 0.6 is 0 Å². The largest absolute Gasteiger partial charge is 0.505 e. The molecular weight excluding hydrogens is 264 g/mol. The summed E-state index contributed by atoms with van der Waals surface area (Å²) in [6.07, 6.45) is 0. The van der Waals surface area contributed by atoms with Crippen molar-refractivity contribution in [3.63, 3.8) is 0 Å². The maximum atomic E-state index is 10.3. The van der Waals surface area contributed by atoms with E-state index in [1.807, 2.05) is 42.5 Å². The van der Waals surface area contributed by atoms with Gasteiger partial charge in [0.25, 0.3) is 0 Å². The summed E-state index contributed by atoms with van der Waals surface area (Å²) < 4.78 is 0. The number of aromatic hydroxyl groups is 1. The Balaban J connectivity index is 2.02. The first-order chi connectivity index (χ1) is 10.3. The Kier molecular flexibility index (Phi) is 3.62. The fourth-order valence-electron chi connectivity index (χ4n) is 2.17. The topological polar surface area (TPSA) is 65.2 Å². The van der Waals surface area contributed by atoms with Crippen molar-refractivity contribution in [2.45, 2.75) is 6.61 Å². The van der Waals surface area contributed by atoms with Crippen LogP contribution < -0.4 is 0 Å². The molecule has 0 aliphatic carbocycles. The van der Waals surface area contributed by atoms with Crippen LogP contribution in [0.2, 0.25) is 0 Å². The molecule has 4 nitrogen and oxygen atoms in total. The highest BCUT2D eigenvalue weighted by molar-refractivity contribution is 5.92. The van der Waals surface area contributed by atoms with Crippen molar-refractivity contribution in [3.8, 4) is 5.75 Å². The second-order valence-corrected chi connectivity index (χ2v) is 4.64. The number of rotatable bonds is 3. The van der Waals surface area contributed by atoms with Crippen LogP contribution in [0.5, 0.6) is 5.75 Å². The van der Waals surface area contributed by atoms with Crippen LogP contribution in [0.4, 0.5) is 11.4 Å². The summed E-state index contributed by atoms with van der Waals surface area (Å²) in [5, 5.41) is 29.4. The van der Waals surface area contributed by atoms with E-state index in [1.165, 1.54) is 0 Å². The van der Waals surface area contributed by atoms with Gasteiger partial charge in [-0.05, 0) is 17.5 Å². The van der Waals surface area contributed by atoms with Gasteiger partial charge >= 0.3 is 0 Å². The predicted octanol–water partition coefficient (Wildman–Crippen LogP) is 4.45.